The zero-order valence-corrected chi connectivity index (χ0v) is 15.7. The number of hydrogen-bond donors (Lipinski definition) is 2. The quantitative estimate of drug-likeness (QED) is 0.462. The second-order valence-corrected chi connectivity index (χ2v) is 7.07. The van der Waals surface area contributed by atoms with Crippen molar-refractivity contribution in [3.63, 3.8) is 0 Å². The van der Waals surface area contributed by atoms with Gasteiger partial charge in [-0.05, 0) is 35.4 Å². The minimum atomic E-state index is -0.342. The van der Waals surface area contributed by atoms with Crippen LogP contribution in [0.15, 0.2) is 88.9 Å². The van der Waals surface area contributed by atoms with E-state index < -0.39 is 0 Å². The molecule has 1 unspecified atom stereocenters. The van der Waals surface area contributed by atoms with Crippen molar-refractivity contribution in [1.29, 1.82) is 0 Å². The summed E-state index contributed by atoms with van der Waals surface area (Å²) in [6.07, 6.45) is 3.09. The van der Waals surface area contributed by atoms with E-state index >= 15 is 0 Å². The predicted molar refractivity (Wildman–Crippen MR) is 107 cm³/mol. The number of carbonyl (C=O) groups is 1. The van der Waals surface area contributed by atoms with Gasteiger partial charge in [0.15, 0.2) is 5.16 Å². The van der Waals surface area contributed by atoms with Gasteiger partial charge in [-0.2, -0.15) is 5.10 Å². The van der Waals surface area contributed by atoms with Gasteiger partial charge in [0, 0.05) is 11.3 Å². The Labute approximate surface area is 166 Å². The third kappa shape index (κ3) is 4.32. The van der Waals surface area contributed by atoms with Crippen LogP contribution in [-0.2, 0) is 5.75 Å². The molecular formula is C21H18N4O2S. The lowest BCUT2D eigenvalue weighted by Gasteiger charge is -2.17. The van der Waals surface area contributed by atoms with Crippen LogP contribution in [0.4, 0.5) is 0 Å². The monoisotopic (exact) mass is 390 g/mol. The molecule has 6 nitrogen and oxygen atoms in total. The van der Waals surface area contributed by atoms with Gasteiger partial charge in [-0.1, -0.05) is 54.2 Å². The standard InChI is InChI=1S/C21H18N4O2S/c26-20(17-10-8-15(9-11-17)13-28-21-22-14-23-25-21)24-19(18-7-4-12-27-18)16-5-2-1-3-6-16/h1-12,14,19H,13H2,(H,24,26)(H,22,23,25). The molecule has 1 amide bonds. The topological polar surface area (TPSA) is 83.8 Å². The van der Waals surface area contributed by atoms with Gasteiger partial charge in [0.1, 0.15) is 18.1 Å². The number of carbonyl (C=O) groups excluding carboxylic acids is 1. The molecule has 2 aromatic carbocycles. The smallest absolute Gasteiger partial charge is 0.252 e. The number of rotatable bonds is 7. The summed E-state index contributed by atoms with van der Waals surface area (Å²) >= 11 is 1.56. The fourth-order valence-electron chi connectivity index (χ4n) is 2.80. The first kappa shape index (κ1) is 18.1. The Morgan fingerprint density at radius 1 is 1.07 bits per heavy atom. The first-order valence-corrected chi connectivity index (χ1v) is 9.74. The summed E-state index contributed by atoms with van der Waals surface area (Å²) < 4.78 is 5.54. The highest BCUT2D eigenvalue weighted by atomic mass is 32.2. The molecule has 4 rings (SSSR count). The summed E-state index contributed by atoms with van der Waals surface area (Å²) in [4.78, 5) is 16.9. The molecule has 0 bridgehead atoms. The molecule has 0 spiro atoms. The van der Waals surface area contributed by atoms with Crippen molar-refractivity contribution in [2.45, 2.75) is 17.0 Å². The van der Waals surface area contributed by atoms with Gasteiger partial charge in [0.25, 0.3) is 5.91 Å². The van der Waals surface area contributed by atoms with Gasteiger partial charge >= 0.3 is 0 Å². The molecule has 0 aliphatic heterocycles. The van der Waals surface area contributed by atoms with Crippen molar-refractivity contribution in [1.82, 2.24) is 20.5 Å². The van der Waals surface area contributed by atoms with Gasteiger partial charge in [0.05, 0.1) is 6.26 Å². The van der Waals surface area contributed by atoms with E-state index in [1.807, 2.05) is 66.7 Å². The molecule has 2 aromatic heterocycles. The van der Waals surface area contributed by atoms with E-state index in [9.17, 15) is 4.79 Å². The summed E-state index contributed by atoms with van der Waals surface area (Å²) in [6, 6.07) is 20.7. The molecule has 0 fully saturated rings. The molecule has 4 aromatic rings. The minimum absolute atomic E-state index is 0.153. The van der Waals surface area contributed by atoms with Crippen LogP contribution in [-0.4, -0.2) is 21.1 Å². The van der Waals surface area contributed by atoms with Crippen molar-refractivity contribution in [2.24, 2.45) is 0 Å². The second kappa shape index (κ2) is 8.58. The van der Waals surface area contributed by atoms with Gasteiger partial charge in [-0.15, -0.1) is 0 Å². The normalized spacial score (nSPS) is 11.9. The molecular weight excluding hydrogens is 372 g/mol. The van der Waals surface area contributed by atoms with Crippen LogP contribution in [0.1, 0.15) is 33.3 Å². The van der Waals surface area contributed by atoms with Gasteiger partial charge in [0.2, 0.25) is 0 Å². The number of amides is 1. The van der Waals surface area contributed by atoms with E-state index in [1.54, 1.807) is 18.0 Å². The van der Waals surface area contributed by atoms with Crippen LogP contribution in [0.3, 0.4) is 0 Å². The van der Waals surface area contributed by atoms with E-state index in [-0.39, 0.29) is 11.9 Å². The number of thioether (sulfide) groups is 1. The molecule has 140 valence electrons. The highest BCUT2D eigenvalue weighted by Gasteiger charge is 2.20. The van der Waals surface area contributed by atoms with Crippen molar-refractivity contribution in [2.75, 3.05) is 0 Å². The number of furan rings is 1. The maximum atomic E-state index is 12.8. The Balaban J connectivity index is 1.45. The molecule has 0 saturated heterocycles. The lowest BCUT2D eigenvalue weighted by molar-refractivity contribution is 0.0939. The summed E-state index contributed by atoms with van der Waals surface area (Å²) in [6.45, 7) is 0. The van der Waals surface area contributed by atoms with E-state index in [2.05, 4.69) is 20.5 Å². The number of aromatic nitrogens is 3. The van der Waals surface area contributed by atoms with Crippen LogP contribution < -0.4 is 5.32 Å². The first-order valence-electron chi connectivity index (χ1n) is 8.76. The number of benzene rings is 2. The Kier molecular flexibility index (Phi) is 5.53. The van der Waals surface area contributed by atoms with E-state index in [4.69, 9.17) is 4.42 Å². The minimum Gasteiger partial charge on any atom is -0.467 e. The highest BCUT2D eigenvalue weighted by Crippen LogP contribution is 2.23. The number of nitrogens with zero attached hydrogens (tertiary/aromatic N) is 2. The number of hydrogen-bond acceptors (Lipinski definition) is 5. The first-order chi connectivity index (χ1) is 13.8. The number of H-pyrrole nitrogens is 1. The molecule has 2 heterocycles. The van der Waals surface area contributed by atoms with Crippen LogP contribution >= 0.6 is 11.8 Å². The lowest BCUT2D eigenvalue weighted by atomic mass is 10.0. The lowest BCUT2D eigenvalue weighted by Crippen LogP contribution is -2.29. The molecule has 1 atom stereocenters. The Morgan fingerprint density at radius 3 is 2.57 bits per heavy atom. The Hall–Kier alpha value is -3.32. The SMILES string of the molecule is O=C(NC(c1ccccc1)c1ccco1)c1ccc(CSc2ncn[nH]2)cc1. The summed E-state index contributed by atoms with van der Waals surface area (Å²) in [5.74, 6) is 1.29. The molecule has 0 aliphatic rings. The van der Waals surface area contributed by atoms with Crippen LogP contribution in [0.25, 0.3) is 0 Å². The summed E-state index contributed by atoms with van der Waals surface area (Å²) in [5, 5.41) is 10.5. The largest absolute Gasteiger partial charge is 0.467 e. The fourth-order valence-corrected chi connectivity index (χ4v) is 3.54. The zero-order valence-electron chi connectivity index (χ0n) is 14.9. The van der Waals surface area contributed by atoms with Crippen molar-refractivity contribution in [3.8, 4) is 0 Å². The predicted octanol–water partition coefficient (Wildman–Crippen LogP) is 4.21. The van der Waals surface area contributed by atoms with E-state index in [0.717, 1.165) is 22.0 Å². The van der Waals surface area contributed by atoms with Gasteiger partial charge in [-0.25, -0.2) is 4.98 Å². The molecule has 2 N–H and O–H groups in total. The van der Waals surface area contributed by atoms with Gasteiger partial charge in [-0.3, -0.25) is 9.89 Å². The second-order valence-electron chi connectivity index (χ2n) is 6.11. The maximum Gasteiger partial charge on any atom is 0.252 e. The number of nitrogens with one attached hydrogen (secondary N) is 2. The van der Waals surface area contributed by atoms with Crippen molar-refractivity contribution in [3.05, 3.63) is 102 Å². The average Bonchev–Trinajstić information content (AvgIpc) is 3.45. The molecule has 0 aliphatic carbocycles. The van der Waals surface area contributed by atoms with Crippen LogP contribution in [0.2, 0.25) is 0 Å². The van der Waals surface area contributed by atoms with Crippen molar-refractivity contribution < 1.29 is 9.21 Å². The molecule has 0 saturated carbocycles. The van der Waals surface area contributed by atoms with E-state index in [0.29, 0.717) is 11.3 Å². The summed E-state index contributed by atoms with van der Waals surface area (Å²) in [5.41, 5.74) is 2.66. The van der Waals surface area contributed by atoms with Crippen LogP contribution in [0, 0.1) is 0 Å². The summed E-state index contributed by atoms with van der Waals surface area (Å²) in [7, 11) is 0. The van der Waals surface area contributed by atoms with Crippen molar-refractivity contribution >= 4 is 17.7 Å². The molecule has 7 heteroatoms. The third-order valence-corrected chi connectivity index (χ3v) is 5.17. The Morgan fingerprint density at radius 2 is 1.89 bits per heavy atom. The fraction of sp³-hybridized carbons (Fsp3) is 0.0952. The average molecular weight is 390 g/mol. The zero-order chi connectivity index (χ0) is 19.2. The van der Waals surface area contributed by atoms with E-state index in [1.165, 1.54) is 6.33 Å². The van der Waals surface area contributed by atoms with Crippen LogP contribution in [0.5, 0.6) is 0 Å². The molecule has 0 radical (unpaired) electrons. The molecule has 28 heavy (non-hydrogen) atoms. The maximum absolute atomic E-state index is 12.8. The Bertz CT molecular complexity index is 1000. The van der Waals surface area contributed by atoms with Gasteiger partial charge < -0.3 is 9.73 Å². The number of aromatic amines is 1. The third-order valence-electron chi connectivity index (χ3n) is 4.22. The highest BCUT2D eigenvalue weighted by molar-refractivity contribution is 7.98.